The Balaban J connectivity index is 1.60. The van der Waals surface area contributed by atoms with Gasteiger partial charge in [-0.3, -0.25) is 14.5 Å². The molecule has 2 N–H and O–H groups in total. The topological polar surface area (TPSA) is 96.3 Å². The maximum atomic E-state index is 12.8. The standard InChI is InChI=1S/C30H41NO6/c1-18-9-22(10-19(2)27(18)34)13-25(32)36-17-31-29(5,6)15-24(16-30(31,7)8)37-26(33)14-23-11-20(3)28(35)21(4)12-23/h9-12,24,34-35H,13-17H2,1-8H3. The van der Waals surface area contributed by atoms with E-state index in [1.165, 1.54) is 0 Å². The molecule has 7 nitrogen and oxygen atoms in total. The summed E-state index contributed by atoms with van der Waals surface area (Å²) >= 11 is 0. The van der Waals surface area contributed by atoms with Crippen molar-refractivity contribution in [2.24, 2.45) is 0 Å². The molecule has 7 heteroatoms. The number of likely N-dealkylation sites (tertiary alicyclic amines) is 1. The Hall–Kier alpha value is -3.06. The molecule has 1 aliphatic rings. The van der Waals surface area contributed by atoms with Crippen LogP contribution in [0.5, 0.6) is 11.5 Å². The Morgan fingerprint density at radius 2 is 1.16 bits per heavy atom. The van der Waals surface area contributed by atoms with Gasteiger partial charge in [-0.05, 0) is 88.8 Å². The van der Waals surface area contributed by atoms with Crippen LogP contribution in [0.1, 0.15) is 73.9 Å². The summed E-state index contributed by atoms with van der Waals surface area (Å²) in [6, 6.07) is 7.24. The van der Waals surface area contributed by atoms with Gasteiger partial charge in [-0.2, -0.15) is 0 Å². The molecule has 3 rings (SSSR count). The number of nitrogens with zero attached hydrogens (tertiary/aromatic N) is 1. The van der Waals surface area contributed by atoms with Gasteiger partial charge in [-0.1, -0.05) is 24.3 Å². The zero-order valence-corrected chi connectivity index (χ0v) is 23.4. The highest BCUT2D eigenvalue weighted by Gasteiger charge is 2.47. The number of aryl methyl sites for hydroxylation is 4. The number of phenols is 2. The second-order valence-electron chi connectivity index (χ2n) is 11.7. The van der Waals surface area contributed by atoms with Crippen molar-refractivity contribution in [1.82, 2.24) is 4.90 Å². The van der Waals surface area contributed by atoms with Crippen molar-refractivity contribution in [1.29, 1.82) is 0 Å². The van der Waals surface area contributed by atoms with E-state index in [1.807, 2.05) is 39.8 Å². The summed E-state index contributed by atoms with van der Waals surface area (Å²) in [5, 5.41) is 20.0. The van der Waals surface area contributed by atoms with Gasteiger partial charge in [0.25, 0.3) is 0 Å². The van der Waals surface area contributed by atoms with Gasteiger partial charge in [0, 0.05) is 23.9 Å². The third-order valence-corrected chi connectivity index (χ3v) is 7.37. The first-order valence-electron chi connectivity index (χ1n) is 12.8. The Bertz CT molecular complexity index is 1120. The highest BCUT2D eigenvalue weighted by molar-refractivity contribution is 5.73. The predicted molar refractivity (Wildman–Crippen MR) is 143 cm³/mol. The van der Waals surface area contributed by atoms with Crippen molar-refractivity contribution < 1.29 is 29.3 Å². The SMILES string of the molecule is Cc1cc(CC(=O)OCN2C(C)(C)CC(OC(=O)Cc3cc(C)c(O)c(C)c3)CC2(C)C)cc(C)c1O. The van der Waals surface area contributed by atoms with Crippen molar-refractivity contribution in [2.45, 2.75) is 98.3 Å². The highest BCUT2D eigenvalue weighted by atomic mass is 16.6. The first-order valence-corrected chi connectivity index (χ1v) is 12.8. The maximum absolute atomic E-state index is 12.8. The van der Waals surface area contributed by atoms with Crippen molar-refractivity contribution in [2.75, 3.05) is 6.73 Å². The second kappa shape index (κ2) is 10.7. The van der Waals surface area contributed by atoms with Crippen molar-refractivity contribution in [3.8, 4) is 11.5 Å². The number of aromatic hydroxyl groups is 2. The Labute approximate surface area is 220 Å². The summed E-state index contributed by atoms with van der Waals surface area (Å²) in [6.07, 6.45) is 1.25. The average molecular weight is 512 g/mol. The van der Waals surface area contributed by atoms with E-state index in [4.69, 9.17) is 9.47 Å². The largest absolute Gasteiger partial charge is 0.507 e. The molecule has 1 aliphatic heterocycles. The Morgan fingerprint density at radius 1 is 0.784 bits per heavy atom. The summed E-state index contributed by atoms with van der Waals surface area (Å²) in [5.74, 6) is -0.121. The van der Waals surface area contributed by atoms with Crippen LogP contribution in [0.25, 0.3) is 0 Å². The molecule has 37 heavy (non-hydrogen) atoms. The maximum Gasteiger partial charge on any atom is 0.311 e. The zero-order valence-electron chi connectivity index (χ0n) is 23.4. The lowest BCUT2D eigenvalue weighted by Gasteiger charge is -2.54. The molecule has 0 aromatic heterocycles. The van der Waals surface area contributed by atoms with Crippen LogP contribution >= 0.6 is 0 Å². The third-order valence-electron chi connectivity index (χ3n) is 7.37. The monoisotopic (exact) mass is 511 g/mol. The lowest BCUT2D eigenvalue weighted by atomic mass is 9.78. The highest BCUT2D eigenvalue weighted by Crippen LogP contribution is 2.39. The number of hydrogen-bond donors (Lipinski definition) is 2. The zero-order chi connectivity index (χ0) is 27.7. The van der Waals surface area contributed by atoms with E-state index in [-0.39, 0.29) is 60.2 Å². The fraction of sp³-hybridized carbons (Fsp3) is 0.533. The van der Waals surface area contributed by atoms with Crippen LogP contribution < -0.4 is 0 Å². The molecule has 0 saturated carbocycles. The summed E-state index contributed by atoms with van der Waals surface area (Å²) in [7, 11) is 0. The lowest BCUT2D eigenvalue weighted by Crippen LogP contribution is -2.63. The number of phenolic OH excluding ortho intramolecular Hbond substituents is 2. The second-order valence-corrected chi connectivity index (χ2v) is 11.7. The molecule has 1 heterocycles. The molecule has 0 atom stereocenters. The molecule has 2 aromatic carbocycles. The van der Waals surface area contributed by atoms with Gasteiger partial charge in [-0.15, -0.1) is 0 Å². The first-order chi connectivity index (χ1) is 17.1. The smallest absolute Gasteiger partial charge is 0.311 e. The number of piperidine rings is 1. The number of benzene rings is 2. The fourth-order valence-corrected chi connectivity index (χ4v) is 5.70. The molecule has 0 amide bonds. The number of hydrogen-bond acceptors (Lipinski definition) is 7. The molecule has 0 radical (unpaired) electrons. The minimum atomic E-state index is -0.371. The molecule has 0 bridgehead atoms. The minimum absolute atomic E-state index is 0.132. The van der Waals surface area contributed by atoms with Crippen LogP contribution in [0, 0.1) is 27.7 Å². The molecule has 0 spiro atoms. The molecule has 202 valence electrons. The van der Waals surface area contributed by atoms with Gasteiger partial charge >= 0.3 is 11.9 Å². The first kappa shape index (κ1) is 28.5. The van der Waals surface area contributed by atoms with Gasteiger partial charge in [-0.25, -0.2) is 0 Å². The summed E-state index contributed by atoms with van der Waals surface area (Å²) < 4.78 is 11.6. The van der Waals surface area contributed by atoms with Crippen molar-refractivity contribution in [3.05, 3.63) is 57.6 Å². The van der Waals surface area contributed by atoms with Crippen LogP contribution in [0.15, 0.2) is 24.3 Å². The van der Waals surface area contributed by atoms with Crippen LogP contribution in [0.2, 0.25) is 0 Å². The Kier molecular flexibility index (Phi) is 8.27. The van der Waals surface area contributed by atoms with Crippen LogP contribution in [-0.4, -0.2) is 51.0 Å². The van der Waals surface area contributed by atoms with E-state index >= 15 is 0 Å². The minimum Gasteiger partial charge on any atom is -0.507 e. The van der Waals surface area contributed by atoms with Crippen molar-refractivity contribution >= 4 is 11.9 Å². The van der Waals surface area contributed by atoms with E-state index in [9.17, 15) is 19.8 Å². The van der Waals surface area contributed by atoms with E-state index in [0.29, 0.717) is 12.8 Å². The van der Waals surface area contributed by atoms with Crippen molar-refractivity contribution in [3.63, 3.8) is 0 Å². The Morgan fingerprint density at radius 3 is 1.57 bits per heavy atom. The molecule has 1 saturated heterocycles. The van der Waals surface area contributed by atoms with Gasteiger partial charge in [0.1, 0.15) is 24.3 Å². The number of esters is 2. The van der Waals surface area contributed by atoms with E-state index in [1.54, 1.807) is 12.1 Å². The summed E-state index contributed by atoms with van der Waals surface area (Å²) in [5.41, 5.74) is 3.83. The average Bonchev–Trinajstić information content (AvgIpc) is 2.73. The molecule has 1 fully saturated rings. The van der Waals surface area contributed by atoms with E-state index in [0.717, 1.165) is 33.4 Å². The fourth-order valence-electron chi connectivity index (χ4n) is 5.70. The molecular formula is C30H41NO6. The number of carbonyl (C=O) groups is 2. The van der Waals surface area contributed by atoms with E-state index < -0.39 is 0 Å². The van der Waals surface area contributed by atoms with Gasteiger partial charge in [0.15, 0.2) is 0 Å². The van der Waals surface area contributed by atoms with Crippen LogP contribution in [-0.2, 0) is 31.9 Å². The quantitative estimate of drug-likeness (QED) is 0.494. The summed E-state index contributed by atoms with van der Waals surface area (Å²) in [6.45, 7) is 15.7. The van der Waals surface area contributed by atoms with E-state index in [2.05, 4.69) is 32.6 Å². The molecule has 0 aliphatic carbocycles. The molecule has 2 aromatic rings. The lowest BCUT2D eigenvalue weighted by molar-refractivity contribution is -0.174. The van der Waals surface area contributed by atoms with Crippen LogP contribution in [0.3, 0.4) is 0 Å². The predicted octanol–water partition coefficient (Wildman–Crippen LogP) is 5.18. The number of carbonyl (C=O) groups excluding carboxylic acids is 2. The van der Waals surface area contributed by atoms with Gasteiger partial charge < -0.3 is 19.7 Å². The van der Waals surface area contributed by atoms with Gasteiger partial charge in [0.2, 0.25) is 0 Å². The molecule has 0 unspecified atom stereocenters. The summed E-state index contributed by atoms with van der Waals surface area (Å²) in [4.78, 5) is 27.6. The number of rotatable bonds is 7. The normalized spacial score (nSPS) is 17.4. The van der Waals surface area contributed by atoms with Gasteiger partial charge in [0.05, 0.1) is 12.8 Å². The third kappa shape index (κ3) is 6.83. The molecular weight excluding hydrogens is 470 g/mol. The van der Waals surface area contributed by atoms with Crippen LogP contribution in [0.4, 0.5) is 0 Å². The number of ether oxygens (including phenoxy) is 2.